The van der Waals surface area contributed by atoms with Crippen molar-refractivity contribution in [2.45, 2.75) is 32.2 Å². The van der Waals surface area contributed by atoms with Crippen LogP contribution in [0.25, 0.3) is 0 Å². The lowest BCUT2D eigenvalue weighted by atomic mass is 9.95. The standard InChI is InChI=1S/C23H28N4O3/c28-22-15-17-5-3-6-20(17)24-27(22)13-10-25-8-11-26(12-9-25)23(29)19-14-18-4-1-2-7-21(18)30-16-19/h1-2,4,7,15,19H,3,5-6,8-14,16H2. The highest BCUT2D eigenvalue weighted by Crippen LogP contribution is 2.28. The van der Waals surface area contributed by atoms with Crippen LogP contribution >= 0.6 is 0 Å². The normalized spacial score (nSPS) is 21.1. The van der Waals surface area contributed by atoms with Crippen LogP contribution in [0, 0.1) is 5.92 Å². The van der Waals surface area contributed by atoms with Gasteiger partial charge in [-0.25, -0.2) is 4.68 Å². The zero-order chi connectivity index (χ0) is 20.5. The summed E-state index contributed by atoms with van der Waals surface area (Å²) in [4.78, 5) is 29.5. The van der Waals surface area contributed by atoms with Crippen LogP contribution in [0.5, 0.6) is 5.75 Å². The highest BCUT2D eigenvalue weighted by Gasteiger charge is 2.31. The van der Waals surface area contributed by atoms with Crippen LogP contribution in [0.2, 0.25) is 0 Å². The first kappa shape index (κ1) is 19.3. The third-order valence-electron chi connectivity index (χ3n) is 6.56. The summed E-state index contributed by atoms with van der Waals surface area (Å²) in [5, 5.41) is 4.56. The minimum absolute atomic E-state index is 0.00189. The number of amides is 1. The highest BCUT2D eigenvalue weighted by molar-refractivity contribution is 5.80. The lowest BCUT2D eigenvalue weighted by Gasteiger charge is -2.37. The molecule has 7 nitrogen and oxygen atoms in total. The number of hydrogen-bond donors (Lipinski definition) is 0. The highest BCUT2D eigenvalue weighted by atomic mass is 16.5. The van der Waals surface area contributed by atoms with Crippen molar-refractivity contribution in [3.63, 3.8) is 0 Å². The number of ether oxygens (including phenoxy) is 1. The van der Waals surface area contributed by atoms with E-state index in [2.05, 4.69) is 10.00 Å². The molecule has 5 rings (SSSR count). The maximum atomic E-state index is 13.0. The number of para-hydroxylation sites is 1. The van der Waals surface area contributed by atoms with E-state index in [-0.39, 0.29) is 17.4 Å². The number of hydrogen-bond acceptors (Lipinski definition) is 5. The number of fused-ring (bicyclic) bond motifs is 2. The van der Waals surface area contributed by atoms with Gasteiger partial charge in [0.1, 0.15) is 12.4 Å². The van der Waals surface area contributed by atoms with Crippen molar-refractivity contribution in [1.29, 1.82) is 0 Å². The minimum Gasteiger partial charge on any atom is -0.492 e. The van der Waals surface area contributed by atoms with Crippen molar-refractivity contribution in [1.82, 2.24) is 19.6 Å². The number of rotatable bonds is 4. The fourth-order valence-corrected chi connectivity index (χ4v) is 4.77. The van der Waals surface area contributed by atoms with Crippen molar-refractivity contribution in [3.05, 3.63) is 57.5 Å². The molecule has 1 aromatic heterocycles. The maximum absolute atomic E-state index is 13.0. The van der Waals surface area contributed by atoms with Gasteiger partial charge in [0.05, 0.1) is 18.2 Å². The molecule has 1 amide bonds. The van der Waals surface area contributed by atoms with Crippen molar-refractivity contribution >= 4 is 5.91 Å². The second-order valence-electron chi connectivity index (χ2n) is 8.52. The molecule has 158 valence electrons. The number of carbonyl (C=O) groups excluding carboxylic acids is 1. The monoisotopic (exact) mass is 408 g/mol. The van der Waals surface area contributed by atoms with Gasteiger partial charge in [-0.05, 0) is 42.9 Å². The van der Waals surface area contributed by atoms with Crippen LogP contribution in [0.4, 0.5) is 0 Å². The molecule has 7 heteroatoms. The van der Waals surface area contributed by atoms with Crippen LogP contribution in [0.1, 0.15) is 23.2 Å². The molecule has 3 heterocycles. The Morgan fingerprint density at radius 3 is 2.77 bits per heavy atom. The van der Waals surface area contributed by atoms with E-state index in [4.69, 9.17) is 4.74 Å². The average molecular weight is 409 g/mol. The lowest BCUT2D eigenvalue weighted by Crippen LogP contribution is -2.52. The van der Waals surface area contributed by atoms with Gasteiger partial charge in [0, 0.05) is 38.8 Å². The Morgan fingerprint density at radius 1 is 1.07 bits per heavy atom. The minimum atomic E-state index is -0.0966. The van der Waals surface area contributed by atoms with Crippen molar-refractivity contribution in [3.8, 4) is 5.75 Å². The predicted molar refractivity (Wildman–Crippen MR) is 113 cm³/mol. The fourth-order valence-electron chi connectivity index (χ4n) is 4.77. The lowest BCUT2D eigenvalue weighted by molar-refractivity contribution is -0.138. The molecular formula is C23H28N4O3. The van der Waals surface area contributed by atoms with Gasteiger partial charge >= 0.3 is 0 Å². The molecule has 1 aliphatic carbocycles. The van der Waals surface area contributed by atoms with Crippen molar-refractivity contribution in [2.75, 3.05) is 39.3 Å². The first-order valence-electron chi connectivity index (χ1n) is 11.0. The maximum Gasteiger partial charge on any atom is 0.267 e. The van der Waals surface area contributed by atoms with E-state index >= 15 is 0 Å². The smallest absolute Gasteiger partial charge is 0.267 e. The Kier molecular flexibility index (Phi) is 5.29. The summed E-state index contributed by atoms with van der Waals surface area (Å²) in [7, 11) is 0. The molecule has 0 radical (unpaired) electrons. The molecular weight excluding hydrogens is 380 g/mol. The molecule has 3 aliphatic rings. The summed E-state index contributed by atoms with van der Waals surface area (Å²) in [6, 6.07) is 9.73. The summed E-state index contributed by atoms with van der Waals surface area (Å²) in [5.41, 5.74) is 3.33. The van der Waals surface area contributed by atoms with E-state index in [1.807, 2.05) is 29.2 Å². The second-order valence-corrected chi connectivity index (χ2v) is 8.52. The summed E-state index contributed by atoms with van der Waals surface area (Å²) >= 11 is 0. The number of piperazine rings is 1. The third kappa shape index (κ3) is 3.86. The number of aromatic nitrogens is 2. The van der Waals surface area contributed by atoms with E-state index in [1.54, 1.807) is 10.7 Å². The third-order valence-corrected chi connectivity index (χ3v) is 6.56. The van der Waals surface area contributed by atoms with Gasteiger partial charge < -0.3 is 9.64 Å². The topological polar surface area (TPSA) is 67.7 Å². The van der Waals surface area contributed by atoms with Crippen LogP contribution in [-0.4, -0.2) is 64.8 Å². The van der Waals surface area contributed by atoms with Crippen LogP contribution in [0.3, 0.4) is 0 Å². The molecule has 1 saturated heterocycles. The summed E-state index contributed by atoms with van der Waals surface area (Å²) < 4.78 is 7.41. The molecule has 0 spiro atoms. The Bertz CT molecular complexity index is 994. The van der Waals surface area contributed by atoms with E-state index in [0.29, 0.717) is 13.2 Å². The summed E-state index contributed by atoms with van der Waals surface area (Å²) in [6.07, 6.45) is 3.80. The van der Waals surface area contributed by atoms with Crippen molar-refractivity contribution < 1.29 is 9.53 Å². The largest absolute Gasteiger partial charge is 0.492 e. The zero-order valence-electron chi connectivity index (χ0n) is 17.3. The van der Waals surface area contributed by atoms with Gasteiger partial charge in [-0.15, -0.1) is 0 Å². The molecule has 1 aromatic carbocycles. The molecule has 1 unspecified atom stereocenters. The Labute approximate surface area is 176 Å². The van der Waals surface area contributed by atoms with Gasteiger partial charge in [-0.2, -0.15) is 5.10 Å². The predicted octanol–water partition coefficient (Wildman–Crippen LogP) is 1.13. The van der Waals surface area contributed by atoms with Gasteiger partial charge in [0.2, 0.25) is 5.91 Å². The van der Waals surface area contributed by atoms with Gasteiger partial charge in [-0.1, -0.05) is 18.2 Å². The first-order valence-corrected chi connectivity index (χ1v) is 11.0. The Hall–Kier alpha value is -2.67. The number of benzene rings is 1. The quantitative estimate of drug-likeness (QED) is 0.759. The number of aryl methyl sites for hydroxylation is 2. The van der Waals surface area contributed by atoms with Gasteiger partial charge in [0.15, 0.2) is 0 Å². The molecule has 2 aromatic rings. The van der Waals surface area contributed by atoms with Crippen LogP contribution in [-0.2, 0) is 30.6 Å². The summed E-state index contributed by atoms with van der Waals surface area (Å²) in [6.45, 7) is 4.96. The number of nitrogens with zero attached hydrogens (tertiary/aromatic N) is 4. The van der Waals surface area contributed by atoms with Gasteiger partial charge in [-0.3, -0.25) is 14.5 Å². The molecule has 0 saturated carbocycles. The van der Waals surface area contributed by atoms with Crippen LogP contribution in [0.15, 0.2) is 35.1 Å². The Balaban J connectivity index is 1.13. The van der Waals surface area contributed by atoms with Crippen LogP contribution < -0.4 is 10.3 Å². The van der Waals surface area contributed by atoms with E-state index in [1.165, 1.54) is 0 Å². The summed E-state index contributed by atoms with van der Waals surface area (Å²) in [5.74, 6) is 1.00. The molecule has 2 aliphatic heterocycles. The molecule has 0 N–H and O–H groups in total. The van der Waals surface area contributed by atoms with Crippen molar-refractivity contribution in [2.24, 2.45) is 5.92 Å². The average Bonchev–Trinajstić information content (AvgIpc) is 3.24. The molecule has 1 fully saturated rings. The molecule has 30 heavy (non-hydrogen) atoms. The second kappa shape index (κ2) is 8.22. The van der Waals surface area contributed by atoms with E-state index < -0.39 is 0 Å². The Morgan fingerprint density at radius 2 is 1.90 bits per heavy atom. The van der Waals surface area contributed by atoms with Gasteiger partial charge in [0.25, 0.3) is 5.56 Å². The SMILES string of the molecule is O=C(C1COc2ccccc2C1)N1CCN(CCn2nc3c(cc2=O)CCC3)CC1. The first-order chi connectivity index (χ1) is 14.7. The van der Waals surface area contributed by atoms with E-state index in [0.717, 1.165) is 81.0 Å². The number of carbonyl (C=O) groups is 1. The molecule has 0 bridgehead atoms. The fraction of sp³-hybridized carbons (Fsp3) is 0.522. The zero-order valence-corrected chi connectivity index (χ0v) is 17.3. The van der Waals surface area contributed by atoms with E-state index in [9.17, 15) is 9.59 Å². The molecule has 1 atom stereocenters.